The van der Waals surface area contributed by atoms with E-state index in [0.29, 0.717) is 5.75 Å². The minimum atomic E-state index is -4.62. The minimum absolute atomic E-state index is 0.0610. The molecule has 2 aromatic rings. The Balaban J connectivity index is 0.000000828. The van der Waals surface area contributed by atoms with Gasteiger partial charge in [-0.3, -0.25) is 15.6 Å². The van der Waals surface area contributed by atoms with E-state index in [0.717, 1.165) is 12.1 Å². The molecule has 4 N–H and O–H groups in total. The van der Waals surface area contributed by atoms with Gasteiger partial charge in [-0.2, -0.15) is 18.4 Å². The van der Waals surface area contributed by atoms with Crippen molar-refractivity contribution in [3.8, 4) is 11.8 Å². The van der Waals surface area contributed by atoms with Crippen molar-refractivity contribution in [1.29, 1.82) is 5.26 Å². The van der Waals surface area contributed by atoms with Crippen LogP contribution in [0.1, 0.15) is 11.1 Å². The predicted molar refractivity (Wildman–Crippen MR) is 101 cm³/mol. The number of thiol groups is 1. The molecule has 2 rings (SSSR count). The van der Waals surface area contributed by atoms with Crippen LogP contribution in [-0.2, 0) is 6.18 Å². The molecular formula is C16H13F3N4O2S2. The summed E-state index contributed by atoms with van der Waals surface area (Å²) in [6.07, 6.45) is -4.62. The fourth-order valence-electron chi connectivity index (χ4n) is 1.70. The Morgan fingerprint density at radius 2 is 1.81 bits per heavy atom. The van der Waals surface area contributed by atoms with E-state index < -0.39 is 22.5 Å². The van der Waals surface area contributed by atoms with E-state index in [1.807, 2.05) is 0 Å². The molecule has 0 saturated carbocycles. The van der Waals surface area contributed by atoms with Crippen LogP contribution >= 0.6 is 24.8 Å². The van der Waals surface area contributed by atoms with Gasteiger partial charge < -0.3 is 10.5 Å². The predicted octanol–water partition coefficient (Wildman–Crippen LogP) is 3.85. The number of benzene rings is 2. The third kappa shape index (κ3) is 8.30. The number of ether oxygens (including phenoxy) is 1. The molecule has 0 aliphatic heterocycles. The van der Waals surface area contributed by atoms with Gasteiger partial charge in [0.1, 0.15) is 5.75 Å². The van der Waals surface area contributed by atoms with Crippen molar-refractivity contribution in [3.63, 3.8) is 0 Å². The number of rotatable bonds is 3. The number of amides is 1. The first-order valence-electron chi connectivity index (χ1n) is 7.02. The summed E-state index contributed by atoms with van der Waals surface area (Å²) in [6, 6.07) is 13.4. The quantitative estimate of drug-likeness (QED) is 0.346. The van der Waals surface area contributed by atoms with Crippen LogP contribution in [0.3, 0.4) is 0 Å². The highest BCUT2D eigenvalue weighted by atomic mass is 32.1. The van der Waals surface area contributed by atoms with Gasteiger partial charge in [0.05, 0.1) is 22.9 Å². The van der Waals surface area contributed by atoms with Gasteiger partial charge in [0.15, 0.2) is 0 Å². The molecule has 0 saturated heterocycles. The van der Waals surface area contributed by atoms with Crippen molar-refractivity contribution in [2.75, 3.05) is 5.43 Å². The first-order valence-corrected chi connectivity index (χ1v) is 7.87. The normalized spacial score (nSPS) is 9.89. The highest BCUT2D eigenvalue weighted by Gasteiger charge is 2.33. The van der Waals surface area contributed by atoms with Crippen LogP contribution in [-0.4, -0.2) is 10.4 Å². The van der Waals surface area contributed by atoms with Gasteiger partial charge in [0, 0.05) is 0 Å². The number of anilines is 1. The summed E-state index contributed by atoms with van der Waals surface area (Å²) in [6.45, 7) is 0. The summed E-state index contributed by atoms with van der Waals surface area (Å²) in [7, 11) is 0. The average molecular weight is 414 g/mol. The maximum Gasteiger partial charge on any atom is 0.417 e. The van der Waals surface area contributed by atoms with Crippen LogP contribution in [0.4, 0.5) is 23.7 Å². The lowest BCUT2D eigenvalue weighted by Crippen LogP contribution is -2.32. The molecule has 0 aliphatic carbocycles. The van der Waals surface area contributed by atoms with Crippen LogP contribution < -0.4 is 21.3 Å². The van der Waals surface area contributed by atoms with E-state index in [4.69, 9.17) is 27.0 Å². The van der Waals surface area contributed by atoms with Crippen molar-refractivity contribution >= 4 is 40.9 Å². The highest BCUT2D eigenvalue weighted by molar-refractivity contribution is 7.96. The van der Waals surface area contributed by atoms with E-state index in [9.17, 15) is 13.2 Å². The lowest BCUT2D eigenvalue weighted by Gasteiger charge is -2.14. The van der Waals surface area contributed by atoms with Gasteiger partial charge in [-0.05, 0) is 42.5 Å². The Labute approximate surface area is 163 Å². The maximum absolute atomic E-state index is 12.9. The zero-order valence-corrected chi connectivity index (χ0v) is 15.2. The van der Waals surface area contributed by atoms with Crippen molar-refractivity contribution < 1.29 is 22.7 Å². The average Bonchev–Trinajstić information content (AvgIpc) is 2.59. The lowest BCUT2D eigenvalue weighted by molar-refractivity contribution is -0.137. The molecular weight excluding hydrogens is 401 g/mol. The fraction of sp³-hybridized carbons (Fsp3) is 0.0625. The van der Waals surface area contributed by atoms with E-state index in [-0.39, 0.29) is 10.9 Å². The number of carbonyl (C=O) groups excluding carboxylic acids is 1. The number of alkyl halides is 3. The zero-order chi connectivity index (χ0) is 20.4. The van der Waals surface area contributed by atoms with E-state index >= 15 is 0 Å². The van der Waals surface area contributed by atoms with Crippen LogP contribution in [0.15, 0.2) is 48.5 Å². The van der Waals surface area contributed by atoms with Crippen LogP contribution in [0.5, 0.6) is 5.75 Å². The first kappa shape index (κ1) is 22.1. The molecule has 1 amide bonds. The van der Waals surface area contributed by atoms with E-state index in [1.165, 1.54) is 12.1 Å². The maximum atomic E-state index is 12.9. The Bertz CT molecular complexity index is 836. The Hall–Kier alpha value is -2.97. The largest absolute Gasteiger partial charge is 0.431 e. The molecule has 0 bridgehead atoms. The molecule has 27 heavy (non-hydrogen) atoms. The number of hydrazine groups is 1. The molecule has 0 fully saturated rings. The van der Waals surface area contributed by atoms with Gasteiger partial charge in [0.2, 0.25) is 0 Å². The number of carbonyl (C=O) groups is 1. The highest BCUT2D eigenvalue weighted by Crippen LogP contribution is 2.33. The zero-order valence-electron chi connectivity index (χ0n) is 13.4. The minimum Gasteiger partial charge on any atom is -0.431 e. The number of nitrogens with zero attached hydrogens (tertiary/aromatic N) is 1. The van der Waals surface area contributed by atoms with E-state index in [1.54, 1.807) is 30.3 Å². The number of hydrogen-bond donors (Lipinski definition) is 4. The summed E-state index contributed by atoms with van der Waals surface area (Å²) < 4.78 is 43.8. The van der Waals surface area contributed by atoms with Gasteiger partial charge in [0.25, 0.3) is 10.4 Å². The summed E-state index contributed by atoms with van der Waals surface area (Å²) in [4.78, 5) is 9.09. The molecule has 0 unspecified atom stereocenters. The number of primary amides is 1. The molecule has 2 aromatic carbocycles. The Kier molecular flexibility index (Phi) is 8.37. The van der Waals surface area contributed by atoms with Crippen molar-refractivity contribution in [2.24, 2.45) is 5.73 Å². The fourth-order valence-corrected chi connectivity index (χ4v) is 1.85. The number of halogens is 3. The van der Waals surface area contributed by atoms with Gasteiger partial charge in [-0.25, -0.2) is 0 Å². The molecule has 0 radical (unpaired) electrons. The number of thiocarbonyl (C=S) groups is 1. The van der Waals surface area contributed by atoms with Crippen LogP contribution in [0.25, 0.3) is 0 Å². The lowest BCUT2D eigenvalue weighted by atomic mass is 10.1. The topological polar surface area (TPSA) is 100 Å². The van der Waals surface area contributed by atoms with Gasteiger partial charge in [-0.15, -0.1) is 0 Å². The summed E-state index contributed by atoms with van der Waals surface area (Å²) in [5, 5.41) is 8.03. The second-order valence-corrected chi connectivity index (χ2v) is 5.47. The van der Waals surface area contributed by atoms with E-state index in [2.05, 4.69) is 29.2 Å². The molecule has 0 aliphatic rings. The third-order valence-corrected chi connectivity index (χ3v) is 2.89. The summed E-state index contributed by atoms with van der Waals surface area (Å²) in [5.74, 6) is 0.489. The van der Waals surface area contributed by atoms with Crippen LogP contribution in [0, 0.1) is 11.3 Å². The third-order valence-electron chi connectivity index (χ3n) is 2.71. The summed E-state index contributed by atoms with van der Waals surface area (Å²) >= 11 is 8.02. The second kappa shape index (κ2) is 10.2. The monoisotopic (exact) mass is 414 g/mol. The number of para-hydroxylation sites is 1. The molecule has 0 aromatic heterocycles. The Morgan fingerprint density at radius 3 is 2.33 bits per heavy atom. The SMILES string of the molecule is N#Cc1ccc(NNC(=S)Oc2ccccc2)cc1C(F)(F)F.NC(=O)S. The first-order chi connectivity index (χ1) is 12.6. The number of nitriles is 1. The number of nitrogens with two attached hydrogens (primary N) is 1. The van der Waals surface area contributed by atoms with Crippen molar-refractivity contribution in [3.05, 3.63) is 59.7 Å². The number of hydrogen-bond acceptors (Lipinski definition) is 5. The van der Waals surface area contributed by atoms with Gasteiger partial charge in [-0.1, -0.05) is 30.8 Å². The molecule has 0 spiro atoms. The molecule has 11 heteroatoms. The smallest absolute Gasteiger partial charge is 0.417 e. The number of nitrogens with one attached hydrogen (secondary N) is 2. The summed E-state index contributed by atoms with van der Waals surface area (Å²) in [5.41, 5.74) is 7.93. The van der Waals surface area contributed by atoms with Crippen molar-refractivity contribution in [1.82, 2.24) is 5.43 Å². The second-order valence-electron chi connectivity index (χ2n) is 4.66. The van der Waals surface area contributed by atoms with Crippen molar-refractivity contribution in [2.45, 2.75) is 6.18 Å². The Morgan fingerprint density at radius 1 is 1.22 bits per heavy atom. The molecule has 0 heterocycles. The van der Waals surface area contributed by atoms with Crippen LogP contribution in [0.2, 0.25) is 0 Å². The molecule has 142 valence electrons. The molecule has 0 atom stereocenters. The standard InChI is InChI=1S/C15H10F3N3OS.CH3NOS/c16-15(17,18)13-8-11(7-6-10(13)9-19)20-21-14(23)22-12-4-2-1-3-5-12;2-1(3)4/h1-8,20H,(H,21,23);(H3,2,3,4). The van der Waals surface area contributed by atoms with Gasteiger partial charge >= 0.3 is 6.18 Å². The molecule has 6 nitrogen and oxygen atoms in total.